The topological polar surface area (TPSA) is 97.0 Å². The fourth-order valence-corrected chi connectivity index (χ4v) is 4.02. The molecular weight excluding hydrogens is 482 g/mol. The van der Waals surface area contributed by atoms with Gasteiger partial charge in [-0.2, -0.15) is 0 Å². The number of aryl methyl sites for hydroxylation is 1. The lowest BCUT2D eigenvalue weighted by atomic mass is 10.1. The summed E-state index contributed by atoms with van der Waals surface area (Å²) in [5.41, 5.74) is 2.71. The van der Waals surface area contributed by atoms with Gasteiger partial charge in [-0.1, -0.05) is 36.7 Å². The quantitative estimate of drug-likeness (QED) is 0.420. The van der Waals surface area contributed by atoms with E-state index in [1.54, 1.807) is 61.7 Å². The van der Waals surface area contributed by atoms with Crippen LogP contribution in [0.1, 0.15) is 22.8 Å². The van der Waals surface area contributed by atoms with E-state index in [1.807, 2.05) is 19.1 Å². The molecular formula is C27H24ClN3O5. The van der Waals surface area contributed by atoms with Crippen LogP contribution in [0.25, 0.3) is 0 Å². The largest absolute Gasteiger partial charge is 0.497 e. The van der Waals surface area contributed by atoms with Gasteiger partial charge in [-0.05, 0) is 54.4 Å². The zero-order valence-corrected chi connectivity index (χ0v) is 20.7. The van der Waals surface area contributed by atoms with Gasteiger partial charge in [0.05, 0.1) is 25.6 Å². The highest BCUT2D eigenvalue weighted by Crippen LogP contribution is 2.33. The maximum absolute atomic E-state index is 13.1. The normalized spacial score (nSPS) is 13.2. The number of rotatable bonds is 8. The Kier molecular flexibility index (Phi) is 7.26. The minimum absolute atomic E-state index is 0.0206. The third kappa shape index (κ3) is 4.76. The number of carbonyl (C=O) groups excluding carboxylic acids is 3. The summed E-state index contributed by atoms with van der Waals surface area (Å²) in [5, 5.41) is 5.53. The first-order valence-electron chi connectivity index (χ1n) is 11.1. The van der Waals surface area contributed by atoms with Crippen LogP contribution in [0.2, 0.25) is 0 Å². The molecule has 2 N–H and O–H groups in total. The van der Waals surface area contributed by atoms with Crippen molar-refractivity contribution in [1.29, 1.82) is 0 Å². The van der Waals surface area contributed by atoms with Crippen molar-refractivity contribution in [3.05, 3.63) is 88.6 Å². The molecule has 1 aliphatic heterocycles. The Balaban J connectivity index is 1.49. The van der Waals surface area contributed by atoms with Crippen molar-refractivity contribution in [3.8, 4) is 11.5 Å². The molecule has 0 atom stereocenters. The number of benzene rings is 3. The van der Waals surface area contributed by atoms with Gasteiger partial charge in [0.2, 0.25) is 0 Å². The lowest BCUT2D eigenvalue weighted by Crippen LogP contribution is -2.33. The van der Waals surface area contributed by atoms with Gasteiger partial charge in [0.25, 0.3) is 17.7 Å². The molecule has 0 aromatic heterocycles. The van der Waals surface area contributed by atoms with Gasteiger partial charge in [-0.25, -0.2) is 4.90 Å². The average Bonchev–Trinajstić information content (AvgIpc) is 3.11. The Bertz CT molecular complexity index is 1370. The number of hydrogen-bond donors (Lipinski definition) is 2. The molecule has 1 heterocycles. The molecule has 0 saturated heterocycles. The Labute approximate surface area is 213 Å². The van der Waals surface area contributed by atoms with Crippen LogP contribution in [-0.4, -0.2) is 31.9 Å². The summed E-state index contributed by atoms with van der Waals surface area (Å²) in [5.74, 6) is -0.420. The second-order valence-electron chi connectivity index (χ2n) is 7.84. The van der Waals surface area contributed by atoms with Crippen molar-refractivity contribution in [2.75, 3.05) is 29.8 Å². The van der Waals surface area contributed by atoms with Crippen molar-refractivity contribution in [1.82, 2.24) is 0 Å². The van der Waals surface area contributed by atoms with Crippen LogP contribution in [0.15, 0.2) is 77.5 Å². The van der Waals surface area contributed by atoms with E-state index in [2.05, 4.69) is 10.6 Å². The van der Waals surface area contributed by atoms with Crippen LogP contribution in [-0.2, 0) is 16.0 Å². The number of carbonyl (C=O) groups is 3. The molecule has 0 aliphatic carbocycles. The van der Waals surface area contributed by atoms with Crippen molar-refractivity contribution in [2.45, 2.75) is 13.3 Å². The van der Waals surface area contributed by atoms with Crippen LogP contribution in [0, 0.1) is 0 Å². The fourth-order valence-electron chi connectivity index (χ4n) is 3.80. The number of nitrogens with zero attached hydrogens (tertiary/aromatic N) is 1. The number of para-hydroxylation sites is 1. The van der Waals surface area contributed by atoms with E-state index in [-0.39, 0.29) is 16.6 Å². The molecule has 3 amide bonds. The number of halogens is 1. The zero-order valence-electron chi connectivity index (χ0n) is 19.9. The summed E-state index contributed by atoms with van der Waals surface area (Å²) in [6, 6.07) is 18.7. The number of imide groups is 1. The van der Waals surface area contributed by atoms with E-state index in [0.717, 1.165) is 10.5 Å². The highest BCUT2D eigenvalue weighted by atomic mass is 35.5. The first-order valence-corrected chi connectivity index (χ1v) is 11.5. The van der Waals surface area contributed by atoms with Crippen LogP contribution < -0.4 is 25.0 Å². The summed E-state index contributed by atoms with van der Waals surface area (Å²) >= 11 is 6.26. The standard InChI is InChI=1S/C27H24ClN3O5/c1-4-16-7-5-6-8-21(16)31-26(33)23(28)24(27(31)34)29-18-11-9-17(10-12-18)25(32)30-20-14-13-19(35-2)15-22(20)36-3/h5-15,29H,4H2,1-3H3,(H,30,32). The summed E-state index contributed by atoms with van der Waals surface area (Å²) in [4.78, 5) is 39.7. The molecule has 1 aliphatic rings. The number of methoxy groups -OCH3 is 2. The van der Waals surface area contributed by atoms with E-state index in [1.165, 1.54) is 7.11 Å². The van der Waals surface area contributed by atoms with Crippen LogP contribution >= 0.6 is 11.6 Å². The van der Waals surface area contributed by atoms with Gasteiger partial charge in [0.1, 0.15) is 22.2 Å². The summed E-state index contributed by atoms with van der Waals surface area (Å²) in [7, 11) is 3.05. The smallest absolute Gasteiger partial charge is 0.283 e. The first-order chi connectivity index (χ1) is 17.4. The molecule has 184 valence electrons. The highest BCUT2D eigenvalue weighted by molar-refractivity contribution is 6.53. The van der Waals surface area contributed by atoms with Gasteiger partial charge in [-0.15, -0.1) is 0 Å². The SMILES string of the molecule is CCc1ccccc1N1C(=O)C(Cl)=C(Nc2ccc(C(=O)Nc3ccc(OC)cc3OC)cc2)C1=O. The minimum atomic E-state index is -0.588. The predicted octanol–water partition coefficient (Wildman–Crippen LogP) is 4.95. The summed E-state index contributed by atoms with van der Waals surface area (Å²) in [6.07, 6.45) is 0.652. The second-order valence-corrected chi connectivity index (χ2v) is 8.22. The molecule has 0 radical (unpaired) electrons. The number of anilines is 3. The van der Waals surface area contributed by atoms with E-state index < -0.39 is 11.8 Å². The monoisotopic (exact) mass is 505 g/mol. The predicted molar refractivity (Wildman–Crippen MR) is 139 cm³/mol. The Morgan fingerprint density at radius 3 is 2.33 bits per heavy atom. The molecule has 4 rings (SSSR count). The molecule has 0 unspecified atom stereocenters. The lowest BCUT2D eigenvalue weighted by Gasteiger charge is -2.18. The van der Waals surface area contributed by atoms with Crippen molar-refractivity contribution >= 4 is 46.4 Å². The third-order valence-corrected chi connectivity index (χ3v) is 6.06. The third-order valence-electron chi connectivity index (χ3n) is 5.71. The number of hydrogen-bond acceptors (Lipinski definition) is 6. The molecule has 3 aromatic rings. The van der Waals surface area contributed by atoms with Gasteiger partial charge < -0.3 is 20.1 Å². The van der Waals surface area contributed by atoms with E-state index in [4.69, 9.17) is 21.1 Å². The maximum Gasteiger partial charge on any atom is 0.283 e. The lowest BCUT2D eigenvalue weighted by molar-refractivity contribution is -0.120. The van der Waals surface area contributed by atoms with Crippen LogP contribution in [0.5, 0.6) is 11.5 Å². The molecule has 8 nitrogen and oxygen atoms in total. The number of nitrogens with one attached hydrogen (secondary N) is 2. The summed E-state index contributed by atoms with van der Waals surface area (Å²) < 4.78 is 10.5. The Hall–Kier alpha value is -4.30. The Morgan fingerprint density at radius 1 is 0.944 bits per heavy atom. The van der Waals surface area contributed by atoms with Crippen molar-refractivity contribution in [2.24, 2.45) is 0 Å². The van der Waals surface area contributed by atoms with E-state index in [9.17, 15) is 14.4 Å². The van der Waals surface area contributed by atoms with Gasteiger partial charge in [0.15, 0.2) is 0 Å². The number of amides is 3. The molecule has 0 fully saturated rings. The van der Waals surface area contributed by atoms with E-state index in [0.29, 0.717) is 40.5 Å². The Morgan fingerprint density at radius 2 is 1.67 bits per heavy atom. The molecule has 9 heteroatoms. The minimum Gasteiger partial charge on any atom is -0.497 e. The maximum atomic E-state index is 13.1. The van der Waals surface area contributed by atoms with Gasteiger partial charge >= 0.3 is 0 Å². The van der Waals surface area contributed by atoms with E-state index >= 15 is 0 Å². The molecule has 0 bridgehead atoms. The second kappa shape index (κ2) is 10.5. The van der Waals surface area contributed by atoms with Gasteiger partial charge in [0, 0.05) is 17.3 Å². The van der Waals surface area contributed by atoms with Gasteiger partial charge in [-0.3, -0.25) is 14.4 Å². The van der Waals surface area contributed by atoms with Crippen LogP contribution in [0.4, 0.5) is 17.1 Å². The zero-order chi connectivity index (χ0) is 25.8. The average molecular weight is 506 g/mol. The first kappa shape index (κ1) is 24.8. The molecule has 0 spiro atoms. The summed E-state index contributed by atoms with van der Waals surface area (Å²) in [6.45, 7) is 1.94. The van der Waals surface area contributed by atoms with Crippen molar-refractivity contribution in [3.63, 3.8) is 0 Å². The number of ether oxygens (including phenoxy) is 2. The highest BCUT2D eigenvalue weighted by Gasteiger charge is 2.39. The molecule has 36 heavy (non-hydrogen) atoms. The van der Waals surface area contributed by atoms with Crippen molar-refractivity contribution < 1.29 is 23.9 Å². The molecule has 0 saturated carbocycles. The molecule has 3 aromatic carbocycles. The fraction of sp³-hybridized carbons (Fsp3) is 0.148. The van der Waals surface area contributed by atoms with Crippen LogP contribution in [0.3, 0.4) is 0 Å².